The summed E-state index contributed by atoms with van der Waals surface area (Å²) in [6.45, 7) is 5.39. The Balaban J connectivity index is 2.24. The number of aliphatic imine (C=N–C) groups is 1. The molecule has 16 heavy (non-hydrogen) atoms. The van der Waals surface area contributed by atoms with Crippen LogP contribution in [0.15, 0.2) is 23.2 Å². The van der Waals surface area contributed by atoms with Gasteiger partial charge in [-0.25, -0.2) is 4.79 Å². The Morgan fingerprint density at radius 3 is 2.75 bits per heavy atom. The summed E-state index contributed by atoms with van der Waals surface area (Å²) in [6, 6.07) is 5.73. The zero-order valence-electron chi connectivity index (χ0n) is 9.27. The van der Waals surface area contributed by atoms with E-state index in [-0.39, 0.29) is 0 Å². The van der Waals surface area contributed by atoms with E-state index in [1.165, 1.54) is 5.69 Å². The van der Waals surface area contributed by atoms with Gasteiger partial charge in [0.15, 0.2) is 0 Å². The van der Waals surface area contributed by atoms with Crippen molar-refractivity contribution in [2.75, 3.05) is 31.2 Å². The number of morpholine rings is 1. The first-order chi connectivity index (χ1) is 7.81. The third-order valence-corrected chi connectivity index (χ3v) is 2.71. The van der Waals surface area contributed by atoms with Crippen LogP contribution in [0, 0.1) is 6.92 Å². The second-order valence-corrected chi connectivity index (χ2v) is 3.77. The van der Waals surface area contributed by atoms with E-state index in [4.69, 9.17) is 4.74 Å². The van der Waals surface area contributed by atoms with Crippen molar-refractivity contribution in [3.63, 3.8) is 0 Å². The normalized spacial score (nSPS) is 15.7. The van der Waals surface area contributed by atoms with Crippen molar-refractivity contribution in [3.05, 3.63) is 23.8 Å². The van der Waals surface area contributed by atoms with Gasteiger partial charge in [-0.2, -0.15) is 4.99 Å². The van der Waals surface area contributed by atoms with Gasteiger partial charge in [-0.1, -0.05) is 0 Å². The maximum absolute atomic E-state index is 10.2. The van der Waals surface area contributed by atoms with Crippen molar-refractivity contribution in [2.45, 2.75) is 6.92 Å². The minimum absolute atomic E-state index is 0.657. The Morgan fingerprint density at radius 2 is 2.12 bits per heavy atom. The lowest BCUT2D eigenvalue weighted by Crippen LogP contribution is -2.36. The molecule has 1 aliphatic rings. The fourth-order valence-corrected chi connectivity index (χ4v) is 1.92. The number of carbonyl (C=O) groups excluding carboxylic acids is 1. The van der Waals surface area contributed by atoms with E-state index in [1.54, 1.807) is 6.08 Å². The van der Waals surface area contributed by atoms with Crippen molar-refractivity contribution >= 4 is 17.5 Å². The maximum atomic E-state index is 10.2. The number of rotatable bonds is 2. The van der Waals surface area contributed by atoms with Gasteiger partial charge in [0.1, 0.15) is 0 Å². The average molecular weight is 218 g/mol. The average Bonchev–Trinajstić information content (AvgIpc) is 2.31. The van der Waals surface area contributed by atoms with E-state index in [2.05, 4.69) is 9.89 Å². The third kappa shape index (κ3) is 2.30. The molecule has 1 aliphatic heterocycles. The Labute approximate surface area is 94.5 Å². The fourth-order valence-electron chi connectivity index (χ4n) is 1.92. The smallest absolute Gasteiger partial charge is 0.240 e. The van der Waals surface area contributed by atoms with Crippen molar-refractivity contribution < 1.29 is 9.53 Å². The number of anilines is 1. The summed E-state index contributed by atoms with van der Waals surface area (Å²) in [5.74, 6) is 0. The lowest BCUT2D eigenvalue weighted by molar-refractivity contribution is 0.122. The lowest BCUT2D eigenvalue weighted by Gasteiger charge is -2.30. The van der Waals surface area contributed by atoms with E-state index in [1.807, 2.05) is 25.1 Å². The van der Waals surface area contributed by atoms with Gasteiger partial charge in [0.05, 0.1) is 18.9 Å². The number of benzene rings is 1. The topological polar surface area (TPSA) is 41.9 Å². The van der Waals surface area contributed by atoms with E-state index >= 15 is 0 Å². The quantitative estimate of drug-likeness (QED) is 0.561. The molecular formula is C12H14N2O2. The Bertz CT molecular complexity index is 419. The van der Waals surface area contributed by atoms with Crippen LogP contribution >= 0.6 is 0 Å². The molecule has 0 N–H and O–H groups in total. The highest BCUT2D eigenvalue weighted by atomic mass is 16.5. The molecule has 0 bridgehead atoms. The number of aryl methyl sites for hydroxylation is 1. The number of hydrogen-bond acceptors (Lipinski definition) is 4. The van der Waals surface area contributed by atoms with E-state index < -0.39 is 0 Å². The second kappa shape index (κ2) is 4.92. The molecule has 1 heterocycles. The molecule has 0 radical (unpaired) electrons. The molecule has 2 rings (SSSR count). The molecule has 4 nitrogen and oxygen atoms in total. The van der Waals surface area contributed by atoms with Crippen molar-refractivity contribution in [3.8, 4) is 0 Å². The van der Waals surface area contributed by atoms with Gasteiger partial charge in [0, 0.05) is 18.8 Å². The molecule has 0 unspecified atom stereocenters. The van der Waals surface area contributed by atoms with Crippen LogP contribution in [0.5, 0.6) is 0 Å². The van der Waals surface area contributed by atoms with E-state index in [0.29, 0.717) is 5.69 Å². The Morgan fingerprint density at radius 1 is 1.38 bits per heavy atom. The maximum Gasteiger partial charge on any atom is 0.240 e. The van der Waals surface area contributed by atoms with Gasteiger partial charge in [0.25, 0.3) is 0 Å². The SMILES string of the molecule is Cc1cc(N=C=O)ccc1N1CCOCC1. The van der Waals surface area contributed by atoms with E-state index in [9.17, 15) is 4.79 Å². The van der Waals surface area contributed by atoms with Crippen molar-refractivity contribution in [1.82, 2.24) is 0 Å². The Kier molecular flexibility index (Phi) is 3.34. The monoisotopic (exact) mass is 218 g/mol. The van der Waals surface area contributed by atoms with Crippen LogP contribution in [0.1, 0.15) is 5.56 Å². The Hall–Kier alpha value is -1.64. The molecule has 0 amide bonds. The number of isocyanates is 1. The van der Waals surface area contributed by atoms with Crippen molar-refractivity contribution in [2.24, 2.45) is 4.99 Å². The summed E-state index contributed by atoms with van der Waals surface area (Å²) in [5, 5.41) is 0. The third-order valence-electron chi connectivity index (χ3n) is 2.71. The molecule has 1 aromatic carbocycles. The zero-order chi connectivity index (χ0) is 11.4. The molecule has 1 aromatic rings. The molecule has 1 fully saturated rings. The minimum atomic E-state index is 0.657. The molecule has 0 spiro atoms. The highest BCUT2D eigenvalue weighted by molar-refractivity contribution is 5.61. The zero-order valence-corrected chi connectivity index (χ0v) is 9.27. The highest BCUT2D eigenvalue weighted by Gasteiger charge is 2.13. The van der Waals surface area contributed by atoms with Gasteiger partial charge in [-0.3, -0.25) is 0 Å². The predicted octanol–water partition coefficient (Wildman–Crippen LogP) is 1.80. The number of hydrogen-bond donors (Lipinski definition) is 0. The molecule has 0 aromatic heterocycles. The summed E-state index contributed by atoms with van der Waals surface area (Å²) >= 11 is 0. The molecule has 0 atom stereocenters. The van der Waals surface area contributed by atoms with Crippen molar-refractivity contribution in [1.29, 1.82) is 0 Å². The molecule has 0 saturated carbocycles. The number of nitrogens with zero attached hydrogens (tertiary/aromatic N) is 2. The molecular weight excluding hydrogens is 204 g/mol. The summed E-state index contributed by atoms with van der Waals surface area (Å²) in [4.78, 5) is 16.0. The van der Waals surface area contributed by atoms with Gasteiger partial charge >= 0.3 is 0 Å². The van der Waals surface area contributed by atoms with Gasteiger partial charge < -0.3 is 9.64 Å². The fraction of sp³-hybridized carbons (Fsp3) is 0.417. The van der Waals surface area contributed by atoms with Crippen LogP contribution < -0.4 is 4.90 Å². The number of ether oxygens (including phenoxy) is 1. The van der Waals surface area contributed by atoms with Crippen LogP contribution in [-0.4, -0.2) is 32.4 Å². The second-order valence-electron chi connectivity index (χ2n) is 3.77. The van der Waals surface area contributed by atoms with Crippen LogP contribution in [-0.2, 0) is 9.53 Å². The standard InChI is InChI=1S/C12H14N2O2/c1-10-8-11(13-9-15)2-3-12(10)14-4-6-16-7-5-14/h2-3,8H,4-7H2,1H3. The largest absolute Gasteiger partial charge is 0.378 e. The molecule has 84 valence electrons. The van der Waals surface area contributed by atoms with E-state index in [0.717, 1.165) is 31.9 Å². The summed E-state index contributed by atoms with van der Waals surface area (Å²) in [5.41, 5.74) is 2.97. The minimum Gasteiger partial charge on any atom is -0.378 e. The van der Waals surface area contributed by atoms with Crippen LogP contribution in [0.4, 0.5) is 11.4 Å². The van der Waals surface area contributed by atoms with Crippen LogP contribution in [0.25, 0.3) is 0 Å². The molecule has 1 saturated heterocycles. The first kappa shape index (κ1) is 10.9. The van der Waals surface area contributed by atoms with Gasteiger partial charge in [-0.05, 0) is 30.7 Å². The summed E-state index contributed by atoms with van der Waals surface area (Å²) < 4.78 is 5.31. The first-order valence-corrected chi connectivity index (χ1v) is 5.32. The van der Waals surface area contributed by atoms with Gasteiger partial charge in [-0.15, -0.1) is 0 Å². The van der Waals surface area contributed by atoms with Crippen LogP contribution in [0.2, 0.25) is 0 Å². The molecule has 0 aliphatic carbocycles. The molecule has 4 heteroatoms. The lowest BCUT2D eigenvalue weighted by atomic mass is 10.1. The highest BCUT2D eigenvalue weighted by Crippen LogP contribution is 2.25. The van der Waals surface area contributed by atoms with Crippen LogP contribution in [0.3, 0.4) is 0 Å². The first-order valence-electron chi connectivity index (χ1n) is 5.32. The summed E-state index contributed by atoms with van der Waals surface area (Å²) in [6.07, 6.45) is 1.55. The van der Waals surface area contributed by atoms with Gasteiger partial charge in [0.2, 0.25) is 6.08 Å². The predicted molar refractivity (Wildman–Crippen MR) is 62.0 cm³/mol. The summed E-state index contributed by atoms with van der Waals surface area (Å²) in [7, 11) is 0.